The van der Waals surface area contributed by atoms with Crippen molar-refractivity contribution in [2.45, 2.75) is 57.8 Å². The van der Waals surface area contributed by atoms with Gasteiger partial charge in [0.15, 0.2) is 0 Å². The van der Waals surface area contributed by atoms with Gasteiger partial charge in [-0.3, -0.25) is 0 Å². The number of hydrazine groups is 1. The van der Waals surface area contributed by atoms with Gasteiger partial charge in [0.2, 0.25) is 0 Å². The summed E-state index contributed by atoms with van der Waals surface area (Å²) in [7, 11) is 0. The van der Waals surface area contributed by atoms with Crippen molar-refractivity contribution in [2.24, 2.45) is 0 Å². The lowest BCUT2D eigenvalue weighted by Crippen LogP contribution is -2.31. The number of rotatable bonds is 14. The van der Waals surface area contributed by atoms with Crippen LogP contribution in [-0.2, 0) is 11.3 Å². The second-order valence-electron chi connectivity index (χ2n) is 11.3. The van der Waals surface area contributed by atoms with Crippen molar-refractivity contribution < 1.29 is 19.4 Å². The monoisotopic (exact) mass is 585 g/mol. The number of nitrogens with zero attached hydrogens (tertiary/aromatic N) is 3. The van der Waals surface area contributed by atoms with E-state index >= 15 is 0 Å². The van der Waals surface area contributed by atoms with Gasteiger partial charge in [-0.25, -0.2) is 25.6 Å². The molecule has 0 bridgehead atoms. The smallest absolute Gasteiger partial charge is 0.407 e. The second kappa shape index (κ2) is 12.9. The van der Waals surface area contributed by atoms with Crippen LogP contribution >= 0.6 is 0 Å². The van der Waals surface area contributed by atoms with Gasteiger partial charge < -0.3 is 29.8 Å². The zero-order chi connectivity index (χ0) is 30.5. The molecule has 0 spiro atoms. The normalized spacial score (nSPS) is 13.9. The van der Waals surface area contributed by atoms with Crippen molar-refractivity contribution in [1.82, 2.24) is 30.7 Å². The van der Waals surface area contributed by atoms with Crippen LogP contribution in [-0.4, -0.2) is 63.3 Å². The fourth-order valence-corrected chi connectivity index (χ4v) is 5.13. The Labute approximate surface area is 251 Å². The number of fused-ring (bicyclic) bond motifs is 2. The van der Waals surface area contributed by atoms with Crippen LogP contribution in [0.5, 0.6) is 5.75 Å². The summed E-state index contributed by atoms with van der Waals surface area (Å²) >= 11 is 0. The van der Waals surface area contributed by atoms with Crippen molar-refractivity contribution in [3.63, 3.8) is 0 Å². The molecular weight excluding hydrogens is 546 g/mol. The number of alkyl carbamates (subject to hydrolysis) is 1. The van der Waals surface area contributed by atoms with Gasteiger partial charge in [-0.15, -0.1) is 12.3 Å². The number of hydrogen-bond donors (Lipinski definition) is 5. The highest BCUT2D eigenvalue weighted by molar-refractivity contribution is 6.03. The Bertz CT molecular complexity index is 1630. The first-order chi connectivity index (χ1) is 20.7. The second-order valence-corrected chi connectivity index (χ2v) is 11.3. The van der Waals surface area contributed by atoms with E-state index in [1.165, 1.54) is 6.33 Å². The van der Waals surface area contributed by atoms with Gasteiger partial charge in [-0.1, -0.05) is 18.2 Å². The molecule has 226 valence electrons. The largest absolute Gasteiger partial charge is 0.494 e. The molecule has 43 heavy (non-hydrogen) atoms. The number of carbonyl (C=O) groups excluding carboxylic acids is 1. The summed E-state index contributed by atoms with van der Waals surface area (Å²) in [6.45, 7) is 7.50. The third-order valence-electron chi connectivity index (χ3n) is 7.27. The summed E-state index contributed by atoms with van der Waals surface area (Å²) in [5.74, 6) is 4.10. The summed E-state index contributed by atoms with van der Waals surface area (Å²) in [4.78, 5) is 21.3. The highest BCUT2D eigenvalue weighted by Crippen LogP contribution is 2.36. The molecule has 0 aliphatic carbocycles. The molecule has 5 rings (SSSR count). The van der Waals surface area contributed by atoms with Crippen LogP contribution in [0.4, 0.5) is 10.6 Å². The SMILES string of the molecule is C#CCCC1(CCOC(=O)NCCNc2ncnc3c2c(-c2ccc4cc(OCC)ccc4c2)cn3CC(C)(C)O)NN1. The van der Waals surface area contributed by atoms with Gasteiger partial charge in [-0.05, 0) is 61.7 Å². The van der Waals surface area contributed by atoms with Gasteiger partial charge >= 0.3 is 6.09 Å². The van der Waals surface area contributed by atoms with E-state index in [2.05, 4.69) is 61.6 Å². The molecule has 0 radical (unpaired) electrons. The molecule has 1 aliphatic rings. The molecule has 0 unspecified atom stereocenters. The van der Waals surface area contributed by atoms with Crippen LogP contribution in [0.2, 0.25) is 0 Å². The Morgan fingerprint density at radius 3 is 2.67 bits per heavy atom. The molecule has 1 amide bonds. The highest BCUT2D eigenvalue weighted by Gasteiger charge is 2.40. The number of ether oxygens (including phenoxy) is 2. The lowest BCUT2D eigenvalue weighted by Gasteiger charge is -2.18. The first-order valence-corrected chi connectivity index (χ1v) is 14.6. The van der Waals surface area contributed by atoms with Gasteiger partial charge in [0, 0.05) is 37.7 Å². The van der Waals surface area contributed by atoms with Crippen molar-refractivity contribution in [3.05, 3.63) is 48.9 Å². The Hall–Kier alpha value is -4.37. The van der Waals surface area contributed by atoms with Crippen molar-refractivity contribution in [2.75, 3.05) is 31.6 Å². The molecule has 1 aliphatic heterocycles. The Kier molecular flexibility index (Phi) is 9.01. The van der Waals surface area contributed by atoms with E-state index in [0.717, 1.165) is 39.5 Å². The minimum atomic E-state index is -0.947. The number of anilines is 1. The van der Waals surface area contributed by atoms with E-state index in [4.69, 9.17) is 15.9 Å². The maximum atomic E-state index is 12.2. The lowest BCUT2D eigenvalue weighted by molar-refractivity contribution is 0.0627. The minimum Gasteiger partial charge on any atom is -0.494 e. The zero-order valence-electron chi connectivity index (χ0n) is 24.9. The quantitative estimate of drug-likeness (QED) is 0.0833. The number of benzene rings is 2. The Morgan fingerprint density at radius 2 is 1.93 bits per heavy atom. The van der Waals surface area contributed by atoms with Crippen molar-refractivity contribution in [1.29, 1.82) is 0 Å². The number of terminal acetylenes is 1. The molecule has 1 saturated heterocycles. The number of hydrogen-bond acceptors (Lipinski definition) is 9. The first-order valence-electron chi connectivity index (χ1n) is 14.6. The molecule has 0 saturated carbocycles. The number of carbonyl (C=O) groups is 1. The van der Waals surface area contributed by atoms with Gasteiger partial charge in [0.05, 0.1) is 36.4 Å². The summed E-state index contributed by atoms with van der Waals surface area (Å²) in [6.07, 6.45) is 10.4. The first kappa shape index (κ1) is 30.1. The molecular formula is C32H39N7O4. The summed E-state index contributed by atoms with van der Waals surface area (Å²) in [5.41, 5.74) is 7.63. The van der Waals surface area contributed by atoms with Gasteiger partial charge in [0.1, 0.15) is 23.5 Å². The molecule has 0 atom stereocenters. The van der Waals surface area contributed by atoms with Gasteiger partial charge in [0.25, 0.3) is 0 Å². The standard InChI is InChI=1S/C32H39N7O4/c1-5-7-12-32(37-38-32)13-16-43-30(40)34-15-14-33-28-27-26(19-39(20-31(3,4)41)29(27)36-21-35-28)24-9-8-23-18-25(42-6-2)11-10-22(23)17-24/h1,8-11,17-19,21,37-38,41H,6-7,12-16,20H2,2-4H3,(H,34,40)(H,33,35,36). The van der Waals surface area contributed by atoms with Crippen LogP contribution < -0.4 is 26.2 Å². The predicted octanol–water partition coefficient (Wildman–Crippen LogP) is 4.17. The third kappa shape index (κ3) is 7.53. The predicted molar refractivity (Wildman–Crippen MR) is 167 cm³/mol. The number of amides is 1. The summed E-state index contributed by atoms with van der Waals surface area (Å²) < 4.78 is 13.0. The van der Waals surface area contributed by atoms with Crippen LogP contribution in [0.3, 0.4) is 0 Å². The molecule has 11 nitrogen and oxygen atoms in total. The Morgan fingerprint density at radius 1 is 1.14 bits per heavy atom. The maximum absolute atomic E-state index is 12.2. The van der Waals surface area contributed by atoms with Crippen LogP contribution in [0.25, 0.3) is 32.9 Å². The van der Waals surface area contributed by atoms with E-state index in [0.29, 0.717) is 50.5 Å². The number of aliphatic hydroxyl groups is 1. The summed E-state index contributed by atoms with van der Waals surface area (Å²) in [5, 5.41) is 19.7. The van der Waals surface area contributed by atoms with E-state index in [1.54, 1.807) is 13.8 Å². The van der Waals surface area contributed by atoms with Crippen molar-refractivity contribution >= 4 is 33.7 Å². The molecule has 2 aromatic heterocycles. The lowest BCUT2D eigenvalue weighted by atomic mass is 10.0. The fraction of sp³-hybridized carbons (Fsp3) is 0.406. The Balaban J connectivity index is 1.30. The van der Waals surface area contributed by atoms with Crippen LogP contribution in [0, 0.1) is 12.3 Å². The summed E-state index contributed by atoms with van der Waals surface area (Å²) in [6, 6.07) is 12.3. The van der Waals surface area contributed by atoms with Gasteiger partial charge in [-0.2, -0.15) is 0 Å². The minimum absolute atomic E-state index is 0.233. The third-order valence-corrected chi connectivity index (χ3v) is 7.27. The van der Waals surface area contributed by atoms with Crippen LogP contribution in [0.15, 0.2) is 48.9 Å². The average Bonchev–Trinajstić information content (AvgIpc) is 3.66. The molecule has 3 heterocycles. The molecule has 11 heteroatoms. The van der Waals surface area contributed by atoms with E-state index < -0.39 is 11.7 Å². The number of nitrogens with one attached hydrogen (secondary N) is 4. The van der Waals surface area contributed by atoms with E-state index in [1.807, 2.05) is 29.8 Å². The highest BCUT2D eigenvalue weighted by atomic mass is 16.5. The zero-order valence-corrected chi connectivity index (χ0v) is 24.9. The van der Waals surface area contributed by atoms with Crippen molar-refractivity contribution in [3.8, 4) is 29.2 Å². The molecule has 4 aromatic rings. The van der Waals surface area contributed by atoms with E-state index in [-0.39, 0.29) is 12.3 Å². The van der Waals surface area contributed by atoms with Crippen LogP contribution in [0.1, 0.15) is 40.0 Å². The molecule has 2 aromatic carbocycles. The maximum Gasteiger partial charge on any atom is 0.407 e. The average molecular weight is 586 g/mol. The number of aromatic nitrogens is 3. The molecule has 1 fully saturated rings. The molecule has 5 N–H and O–H groups in total. The fourth-order valence-electron chi connectivity index (χ4n) is 5.13. The van der Waals surface area contributed by atoms with E-state index in [9.17, 15) is 9.90 Å². The topological polar surface area (TPSA) is 154 Å².